The molecule has 2 aliphatic carbocycles. The number of fused-ring (bicyclic) bond motifs is 15. The van der Waals surface area contributed by atoms with Gasteiger partial charge >= 0.3 is 0 Å². The minimum absolute atomic E-state index is 0.0217. The monoisotopic (exact) mass is 894 g/mol. The quantitative estimate of drug-likeness (QED) is 0.152. The van der Waals surface area contributed by atoms with Crippen molar-refractivity contribution in [3.8, 4) is 5.69 Å². The summed E-state index contributed by atoms with van der Waals surface area (Å²) in [5.41, 5.74) is 27.0. The number of rotatable bonds is 1. The third kappa shape index (κ3) is 4.98. The van der Waals surface area contributed by atoms with Crippen molar-refractivity contribution in [1.82, 2.24) is 4.57 Å². The van der Waals surface area contributed by atoms with Crippen LogP contribution in [0.15, 0.2) is 91.0 Å². The molecule has 0 saturated heterocycles. The van der Waals surface area contributed by atoms with Crippen LogP contribution in [0.4, 0.5) is 22.7 Å². The highest BCUT2D eigenvalue weighted by atomic mass is 15.3. The van der Waals surface area contributed by atoms with E-state index in [0.717, 1.165) is 12.8 Å². The van der Waals surface area contributed by atoms with E-state index in [-0.39, 0.29) is 44.9 Å². The van der Waals surface area contributed by atoms with Gasteiger partial charge in [-0.1, -0.05) is 149 Å². The third-order valence-corrected chi connectivity index (χ3v) is 19.8. The first-order valence-electron chi connectivity index (χ1n) is 26.2. The normalized spacial score (nSPS) is 25.4. The molecule has 4 heteroatoms. The Labute approximate surface area is 407 Å². The van der Waals surface area contributed by atoms with E-state index in [4.69, 9.17) is 0 Å². The van der Waals surface area contributed by atoms with Gasteiger partial charge in [-0.05, 0) is 167 Å². The Hall–Kier alpha value is -5.22. The molecular weight excluding hydrogens is 822 g/mol. The smallest absolute Gasteiger partial charge is 0.252 e. The number of benzene rings is 6. The van der Waals surface area contributed by atoms with Crippen LogP contribution in [0.3, 0.4) is 0 Å². The van der Waals surface area contributed by atoms with Crippen molar-refractivity contribution >= 4 is 67.7 Å². The number of aromatic nitrogens is 1. The van der Waals surface area contributed by atoms with Gasteiger partial charge in [-0.15, -0.1) is 0 Å². The molecule has 6 aliphatic rings. The van der Waals surface area contributed by atoms with Gasteiger partial charge in [0.25, 0.3) is 6.71 Å². The molecule has 13 rings (SSSR count). The SMILES string of the molecule is Cc1cc(C)c2c3c1B1c4c(cc(N5c6ccc(C(C)(C)C)cc6C6(C)CCc7ccccc7C56C)cc4-n4c5ccc(C(C)(C)C)cc5c5cc(C(C)(C)C)cc1c54)N3C1(C)CCCCC21C. The summed E-state index contributed by atoms with van der Waals surface area (Å²) in [4.78, 5) is 5.83. The highest BCUT2D eigenvalue weighted by Gasteiger charge is 2.64. The van der Waals surface area contributed by atoms with Gasteiger partial charge in [0.05, 0.1) is 16.6 Å². The second-order valence-corrected chi connectivity index (χ2v) is 26.5. The van der Waals surface area contributed by atoms with Crippen molar-refractivity contribution in [2.45, 2.75) is 181 Å². The maximum Gasteiger partial charge on any atom is 0.252 e. The van der Waals surface area contributed by atoms with E-state index < -0.39 is 0 Å². The van der Waals surface area contributed by atoms with Gasteiger partial charge in [-0.25, -0.2) is 0 Å². The van der Waals surface area contributed by atoms with Gasteiger partial charge < -0.3 is 14.4 Å². The standard InChI is InChI=1S/C64H72BN3/c1-37-30-38(2)54-57-53(37)62(13)27-18-19-28-63(62,14)68(57)52-36-43(67-50-25-23-41(59(6,7)8)33-47(50)61(12)29-26-39-20-16-17-21-46(39)64(61,67)15)35-51-55(52)65(54)48-34-42(60(9,10)11)32-45-44-31-40(58(3,4)5)22-24-49(44)66(51)56(45)48/h16-17,20-25,30-36H,18-19,26-29H2,1-15H3. The minimum Gasteiger partial charge on any atom is -0.335 e. The zero-order valence-corrected chi connectivity index (χ0v) is 43.8. The maximum atomic E-state index is 2.98. The zero-order valence-electron chi connectivity index (χ0n) is 43.8. The van der Waals surface area contributed by atoms with Crippen molar-refractivity contribution in [2.24, 2.45) is 0 Å². The van der Waals surface area contributed by atoms with Crippen LogP contribution >= 0.6 is 0 Å². The zero-order chi connectivity index (χ0) is 47.8. The molecule has 6 aromatic carbocycles. The summed E-state index contributed by atoms with van der Waals surface area (Å²) in [5.74, 6) is 0. The second-order valence-electron chi connectivity index (χ2n) is 26.5. The van der Waals surface area contributed by atoms with Gasteiger partial charge in [0, 0.05) is 55.6 Å². The van der Waals surface area contributed by atoms with Gasteiger partial charge in [0.15, 0.2) is 0 Å². The summed E-state index contributed by atoms with van der Waals surface area (Å²) in [6.45, 7) is 37.0. The molecule has 0 amide bonds. The molecule has 4 unspecified atom stereocenters. The minimum atomic E-state index is -0.329. The number of nitrogens with zero attached hydrogens (tertiary/aromatic N) is 3. The van der Waals surface area contributed by atoms with E-state index in [1.165, 1.54) is 131 Å². The molecule has 4 atom stereocenters. The molecule has 0 spiro atoms. The van der Waals surface area contributed by atoms with Crippen LogP contribution in [-0.4, -0.2) is 16.8 Å². The molecular formula is C64H72BN3. The van der Waals surface area contributed by atoms with E-state index in [0.29, 0.717) is 0 Å². The Balaban J connectivity index is 1.22. The molecule has 7 aromatic rings. The van der Waals surface area contributed by atoms with Crippen LogP contribution in [0.5, 0.6) is 0 Å². The molecule has 3 nitrogen and oxygen atoms in total. The lowest BCUT2D eigenvalue weighted by Gasteiger charge is -2.53. The number of hydrogen-bond donors (Lipinski definition) is 0. The predicted molar refractivity (Wildman–Crippen MR) is 292 cm³/mol. The molecule has 4 aliphatic heterocycles. The molecule has 1 saturated carbocycles. The number of hydrogen-bond acceptors (Lipinski definition) is 2. The third-order valence-electron chi connectivity index (χ3n) is 19.8. The van der Waals surface area contributed by atoms with Crippen LogP contribution in [0, 0.1) is 13.8 Å². The number of aryl methyl sites for hydroxylation is 3. The summed E-state index contributed by atoms with van der Waals surface area (Å²) in [6.07, 6.45) is 7.14. The van der Waals surface area contributed by atoms with E-state index in [1.54, 1.807) is 11.0 Å². The lowest BCUT2D eigenvalue weighted by atomic mass is 9.33. The first-order chi connectivity index (χ1) is 31.9. The van der Waals surface area contributed by atoms with Crippen molar-refractivity contribution in [2.75, 3.05) is 9.80 Å². The molecule has 5 heterocycles. The Morgan fingerprint density at radius 1 is 0.544 bits per heavy atom. The fourth-order valence-electron chi connectivity index (χ4n) is 15.7. The van der Waals surface area contributed by atoms with Crippen molar-refractivity contribution in [1.29, 1.82) is 0 Å². The highest BCUT2D eigenvalue weighted by molar-refractivity contribution is 7.00. The van der Waals surface area contributed by atoms with E-state index in [2.05, 4.69) is 209 Å². The van der Waals surface area contributed by atoms with Crippen LogP contribution in [0.25, 0.3) is 27.5 Å². The van der Waals surface area contributed by atoms with E-state index in [1.807, 2.05) is 0 Å². The molecule has 1 fully saturated rings. The number of anilines is 4. The molecule has 0 bridgehead atoms. The van der Waals surface area contributed by atoms with Crippen LogP contribution < -0.4 is 26.2 Å². The summed E-state index contributed by atoms with van der Waals surface area (Å²) in [6, 6.07) is 37.7. The molecule has 346 valence electrons. The van der Waals surface area contributed by atoms with Crippen molar-refractivity contribution < 1.29 is 0 Å². The molecule has 0 radical (unpaired) electrons. The fourth-order valence-corrected chi connectivity index (χ4v) is 15.7. The maximum absolute atomic E-state index is 2.98. The first kappa shape index (κ1) is 42.9. The summed E-state index contributed by atoms with van der Waals surface area (Å²) >= 11 is 0. The van der Waals surface area contributed by atoms with Gasteiger partial charge in [0.1, 0.15) is 0 Å². The second kappa shape index (κ2) is 12.9. The van der Waals surface area contributed by atoms with E-state index >= 15 is 0 Å². The van der Waals surface area contributed by atoms with Crippen LogP contribution in [0.2, 0.25) is 0 Å². The van der Waals surface area contributed by atoms with Crippen LogP contribution in [-0.2, 0) is 39.0 Å². The Kier molecular flexibility index (Phi) is 8.16. The lowest BCUT2D eigenvalue weighted by Crippen LogP contribution is -2.64. The summed E-state index contributed by atoms with van der Waals surface area (Å²) in [5, 5.41) is 2.77. The molecule has 68 heavy (non-hydrogen) atoms. The summed E-state index contributed by atoms with van der Waals surface area (Å²) < 4.78 is 2.75. The summed E-state index contributed by atoms with van der Waals surface area (Å²) in [7, 11) is 0. The Morgan fingerprint density at radius 3 is 1.94 bits per heavy atom. The van der Waals surface area contributed by atoms with E-state index in [9.17, 15) is 0 Å². The Morgan fingerprint density at radius 2 is 1.21 bits per heavy atom. The molecule has 1 aromatic heterocycles. The average Bonchev–Trinajstić information content (AvgIpc) is 3.80. The topological polar surface area (TPSA) is 11.4 Å². The largest absolute Gasteiger partial charge is 0.335 e. The highest BCUT2D eigenvalue weighted by Crippen LogP contribution is 2.66. The predicted octanol–water partition coefficient (Wildman–Crippen LogP) is 14.4. The first-order valence-corrected chi connectivity index (χ1v) is 26.2. The van der Waals surface area contributed by atoms with Gasteiger partial charge in [-0.3, -0.25) is 0 Å². The van der Waals surface area contributed by atoms with Gasteiger partial charge in [0.2, 0.25) is 0 Å². The van der Waals surface area contributed by atoms with Gasteiger partial charge in [-0.2, -0.15) is 0 Å². The van der Waals surface area contributed by atoms with Crippen molar-refractivity contribution in [3.05, 3.63) is 141 Å². The Bertz CT molecular complexity index is 3420. The fraction of sp³-hybridized carbons (Fsp3) is 0.438. The van der Waals surface area contributed by atoms with Crippen LogP contribution in [0.1, 0.15) is 172 Å². The lowest BCUT2D eigenvalue weighted by molar-refractivity contribution is 0.194. The molecule has 0 N–H and O–H groups in total. The average molecular weight is 894 g/mol. The van der Waals surface area contributed by atoms with Crippen molar-refractivity contribution in [3.63, 3.8) is 0 Å².